The van der Waals surface area contributed by atoms with Gasteiger partial charge in [0, 0.05) is 46.5 Å². The second kappa shape index (κ2) is 9.61. The van der Waals surface area contributed by atoms with E-state index in [0.717, 1.165) is 22.0 Å². The van der Waals surface area contributed by atoms with Crippen molar-refractivity contribution in [2.45, 2.75) is 13.5 Å². The van der Waals surface area contributed by atoms with Crippen LogP contribution in [0.3, 0.4) is 0 Å². The van der Waals surface area contributed by atoms with E-state index in [4.69, 9.17) is 22.0 Å². The average Bonchev–Trinajstić information content (AvgIpc) is 3.19. The number of amides is 2. The molecule has 3 aromatic carbocycles. The van der Waals surface area contributed by atoms with E-state index in [1.54, 1.807) is 19.1 Å². The lowest BCUT2D eigenvalue weighted by Crippen LogP contribution is -2.11. The second-order valence-electron chi connectivity index (χ2n) is 7.30. The zero-order valence-electron chi connectivity index (χ0n) is 17.6. The number of aryl methyl sites for hydroxylation is 1. The highest BCUT2D eigenvalue weighted by molar-refractivity contribution is 5.98. The Kier molecular flexibility index (Phi) is 6.70. The Hall–Kier alpha value is -4.39. The zero-order valence-corrected chi connectivity index (χ0v) is 17.6. The minimum atomic E-state index is -0.479. The first-order chi connectivity index (χ1) is 15.3. The van der Waals surface area contributed by atoms with E-state index < -0.39 is 11.8 Å². The first kappa shape index (κ1) is 22.3. The molecule has 1 aromatic heterocycles. The van der Waals surface area contributed by atoms with Gasteiger partial charge in [0.15, 0.2) is 0 Å². The SMILES string of the molecule is Cc1cc(C(N)=O)ccc1O.N=Cc1cccc2c1ccn2Cc1cccc(C(N)=O)c1. The van der Waals surface area contributed by atoms with Gasteiger partial charge in [0.25, 0.3) is 0 Å². The molecule has 0 fully saturated rings. The van der Waals surface area contributed by atoms with E-state index in [1.165, 1.54) is 18.3 Å². The van der Waals surface area contributed by atoms with E-state index in [2.05, 4.69) is 4.57 Å². The molecule has 0 atom stereocenters. The number of aromatic hydroxyl groups is 1. The van der Waals surface area contributed by atoms with Gasteiger partial charge in [-0.05, 0) is 60.5 Å². The van der Waals surface area contributed by atoms with E-state index in [1.807, 2.05) is 48.7 Å². The lowest BCUT2D eigenvalue weighted by Gasteiger charge is -2.07. The molecule has 162 valence electrons. The molecule has 0 spiro atoms. The topological polar surface area (TPSA) is 135 Å². The van der Waals surface area contributed by atoms with Crippen molar-refractivity contribution in [3.05, 3.63) is 101 Å². The van der Waals surface area contributed by atoms with Gasteiger partial charge in [0.1, 0.15) is 5.75 Å². The van der Waals surface area contributed by atoms with Crippen LogP contribution in [0.2, 0.25) is 0 Å². The Balaban J connectivity index is 0.000000222. The number of aromatic nitrogens is 1. The molecule has 6 N–H and O–H groups in total. The summed E-state index contributed by atoms with van der Waals surface area (Å²) >= 11 is 0. The number of carbonyl (C=O) groups is 2. The first-order valence-corrected chi connectivity index (χ1v) is 9.86. The van der Waals surface area contributed by atoms with Crippen molar-refractivity contribution in [1.82, 2.24) is 4.57 Å². The Bertz CT molecular complexity index is 1310. The third-order valence-electron chi connectivity index (χ3n) is 5.05. The molecule has 0 radical (unpaired) electrons. The number of nitrogens with two attached hydrogens (primary N) is 2. The van der Waals surface area contributed by atoms with E-state index in [-0.39, 0.29) is 5.75 Å². The van der Waals surface area contributed by atoms with Gasteiger partial charge in [-0.15, -0.1) is 0 Å². The van der Waals surface area contributed by atoms with Crippen molar-refractivity contribution >= 4 is 28.9 Å². The summed E-state index contributed by atoms with van der Waals surface area (Å²) in [6.45, 7) is 2.37. The highest BCUT2D eigenvalue weighted by atomic mass is 16.3. The van der Waals surface area contributed by atoms with Gasteiger partial charge in [0.05, 0.1) is 0 Å². The molecule has 0 aliphatic carbocycles. The molecule has 32 heavy (non-hydrogen) atoms. The van der Waals surface area contributed by atoms with E-state index in [9.17, 15) is 9.59 Å². The van der Waals surface area contributed by atoms with Crippen molar-refractivity contribution in [3.8, 4) is 5.75 Å². The number of fused-ring (bicyclic) bond motifs is 1. The first-order valence-electron chi connectivity index (χ1n) is 9.86. The predicted molar refractivity (Wildman–Crippen MR) is 125 cm³/mol. The number of phenolic OH excluding ortho intramolecular Hbond substituents is 1. The third kappa shape index (κ3) is 5.02. The number of phenols is 1. The molecule has 0 saturated heterocycles. The van der Waals surface area contributed by atoms with E-state index in [0.29, 0.717) is 23.2 Å². The third-order valence-corrected chi connectivity index (χ3v) is 5.05. The van der Waals surface area contributed by atoms with Gasteiger partial charge in [-0.25, -0.2) is 0 Å². The number of benzene rings is 3. The molecule has 4 rings (SSSR count). The highest BCUT2D eigenvalue weighted by Gasteiger charge is 2.06. The summed E-state index contributed by atoms with van der Waals surface area (Å²) in [4.78, 5) is 21.8. The number of hydrogen-bond acceptors (Lipinski definition) is 4. The molecule has 2 amide bonds. The summed E-state index contributed by atoms with van der Waals surface area (Å²) in [5.41, 5.74) is 14.9. The van der Waals surface area contributed by atoms with Crippen molar-refractivity contribution in [1.29, 1.82) is 5.41 Å². The standard InChI is InChI=1S/C17H15N3O.C8H9NO2/c18-10-14-5-2-6-16-15(14)7-8-20(16)11-12-3-1-4-13(9-12)17(19)21;1-5-4-6(8(9)11)2-3-7(5)10/h1-10,18H,11H2,(H2,19,21);2-4,10H,1H3,(H2,9,11). The maximum atomic E-state index is 11.2. The van der Waals surface area contributed by atoms with Gasteiger partial charge in [0.2, 0.25) is 11.8 Å². The van der Waals surface area contributed by atoms with Crippen LogP contribution in [0, 0.1) is 12.3 Å². The summed E-state index contributed by atoms with van der Waals surface area (Å²) < 4.78 is 2.10. The largest absolute Gasteiger partial charge is 0.508 e. The minimum Gasteiger partial charge on any atom is -0.508 e. The molecule has 0 aliphatic heterocycles. The monoisotopic (exact) mass is 428 g/mol. The maximum absolute atomic E-state index is 11.2. The second-order valence-corrected chi connectivity index (χ2v) is 7.30. The summed E-state index contributed by atoms with van der Waals surface area (Å²) in [6, 6.07) is 19.7. The summed E-state index contributed by atoms with van der Waals surface area (Å²) in [5.74, 6) is -0.719. The quantitative estimate of drug-likeness (QED) is 0.362. The van der Waals surface area contributed by atoms with Crippen LogP contribution in [0.1, 0.15) is 37.4 Å². The Morgan fingerprint density at radius 2 is 1.66 bits per heavy atom. The van der Waals surface area contributed by atoms with Crippen molar-refractivity contribution in [2.24, 2.45) is 11.5 Å². The van der Waals surface area contributed by atoms with Crippen molar-refractivity contribution in [3.63, 3.8) is 0 Å². The Morgan fingerprint density at radius 3 is 2.31 bits per heavy atom. The number of nitrogens with one attached hydrogen (secondary N) is 1. The normalized spacial score (nSPS) is 10.3. The van der Waals surface area contributed by atoms with Crippen LogP contribution in [0.4, 0.5) is 0 Å². The lowest BCUT2D eigenvalue weighted by molar-refractivity contribution is 0.0991. The average molecular weight is 428 g/mol. The minimum absolute atomic E-state index is 0.176. The van der Waals surface area contributed by atoms with Gasteiger partial charge in [-0.1, -0.05) is 24.3 Å². The molecule has 0 saturated carbocycles. The van der Waals surface area contributed by atoms with Crippen LogP contribution in [0.15, 0.2) is 72.9 Å². The molecular formula is C25H24N4O3. The van der Waals surface area contributed by atoms with Gasteiger partial charge in [-0.3, -0.25) is 9.59 Å². The van der Waals surface area contributed by atoms with Crippen LogP contribution in [0.25, 0.3) is 10.9 Å². The maximum Gasteiger partial charge on any atom is 0.248 e. The number of rotatable bonds is 5. The van der Waals surface area contributed by atoms with E-state index >= 15 is 0 Å². The highest BCUT2D eigenvalue weighted by Crippen LogP contribution is 2.20. The van der Waals surface area contributed by atoms with Crippen LogP contribution >= 0.6 is 0 Å². The molecule has 7 heteroatoms. The predicted octanol–water partition coefficient (Wildman–Crippen LogP) is 3.59. The molecule has 1 heterocycles. The zero-order chi connectivity index (χ0) is 23.3. The summed E-state index contributed by atoms with van der Waals surface area (Å²) in [7, 11) is 0. The molecule has 0 bridgehead atoms. The molecule has 0 aliphatic rings. The van der Waals surface area contributed by atoms with Gasteiger partial charge < -0.3 is 26.6 Å². The van der Waals surface area contributed by atoms with Crippen LogP contribution in [0.5, 0.6) is 5.75 Å². The van der Waals surface area contributed by atoms with Gasteiger partial charge in [-0.2, -0.15) is 0 Å². The Morgan fingerprint density at radius 1 is 0.969 bits per heavy atom. The fourth-order valence-electron chi connectivity index (χ4n) is 3.34. The number of carbonyl (C=O) groups excluding carboxylic acids is 2. The molecule has 4 aromatic rings. The number of hydrogen-bond donors (Lipinski definition) is 4. The molecule has 0 unspecified atom stereocenters. The fraction of sp³-hybridized carbons (Fsp3) is 0.0800. The smallest absolute Gasteiger partial charge is 0.248 e. The van der Waals surface area contributed by atoms with Crippen LogP contribution < -0.4 is 11.5 Å². The van der Waals surface area contributed by atoms with Gasteiger partial charge >= 0.3 is 0 Å². The fourth-order valence-corrected chi connectivity index (χ4v) is 3.34. The van der Waals surface area contributed by atoms with Crippen LogP contribution in [-0.2, 0) is 6.54 Å². The van der Waals surface area contributed by atoms with Crippen molar-refractivity contribution in [2.75, 3.05) is 0 Å². The Labute approximate surface area is 185 Å². The summed E-state index contributed by atoms with van der Waals surface area (Å²) in [6.07, 6.45) is 3.36. The molecule has 7 nitrogen and oxygen atoms in total. The number of nitrogens with zero attached hydrogens (tertiary/aromatic N) is 1. The van der Waals surface area contributed by atoms with Crippen molar-refractivity contribution < 1.29 is 14.7 Å². The molecular weight excluding hydrogens is 404 g/mol. The summed E-state index contributed by atoms with van der Waals surface area (Å²) in [5, 5.41) is 17.6. The lowest BCUT2D eigenvalue weighted by atomic mass is 10.1. The number of primary amides is 2. The van der Waals surface area contributed by atoms with Crippen LogP contribution in [-0.4, -0.2) is 27.7 Å².